The van der Waals surface area contributed by atoms with Gasteiger partial charge in [0, 0.05) is 30.9 Å². The minimum absolute atomic E-state index is 0.236. The standard InChI is InChI=1S/C26H33ClN6O4/c1-25(2,3)37-24(36)32-26(23(35)29-13-9-20(34)17-4-6-18(27)7-5-17)10-14-33(15-11-26)22-19-8-12-28-21(19)30-16-31-22/h4-8,12,16,20,34H,9-11,13-15H2,1-3H3,(H,29,35)(H,32,36)(H,28,30,31). The number of H-pyrrole nitrogens is 1. The number of piperidine rings is 1. The van der Waals surface area contributed by atoms with Crippen LogP contribution in [0, 0.1) is 0 Å². The summed E-state index contributed by atoms with van der Waals surface area (Å²) in [5.74, 6) is 0.472. The van der Waals surface area contributed by atoms with Gasteiger partial charge in [0.1, 0.15) is 28.9 Å². The highest BCUT2D eigenvalue weighted by Crippen LogP contribution is 2.30. The van der Waals surface area contributed by atoms with Gasteiger partial charge in [-0.25, -0.2) is 14.8 Å². The number of amides is 2. The summed E-state index contributed by atoms with van der Waals surface area (Å²) in [5.41, 5.74) is -0.402. The Labute approximate surface area is 220 Å². The Hall–Kier alpha value is -3.37. The molecule has 1 aromatic carbocycles. The lowest BCUT2D eigenvalue weighted by molar-refractivity contribution is -0.128. The van der Waals surface area contributed by atoms with Crippen LogP contribution < -0.4 is 15.5 Å². The summed E-state index contributed by atoms with van der Waals surface area (Å²) < 4.78 is 5.47. The maximum Gasteiger partial charge on any atom is 0.408 e. The molecule has 3 aromatic rings. The molecule has 11 heteroatoms. The van der Waals surface area contributed by atoms with Crippen molar-refractivity contribution in [2.24, 2.45) is 0 Å². The second-order valence-electron chi connectivity index (χ2n) is 10.2. The number of aliphatic hydroxyl groups excluding tert-OH is 1. The molecule has 0 saturated carbocycles. The van der Waals surface area contributed by atoms with E-state index < -0.39 is 23.3 Å². The average Bonchev–Trinajstić information content (AvgIpc) is 3.33. The number of carbonyl (C=O) groups is 2. The maximum atomic E-state index is 13.5. The number of benzene rings is 1. The smallest absolute Gasteiger partial charge is 0.408 e. The molecule has 1 saturated heterocycles. The third kappa shape index (κ3) is 6.50. The van der Waals surface area contributed by atoms with Gasteiger partial charge in [0.2, 0.25) is 5.91 Å². The topological polar surface area (TPSA) is 132 Å². The number of ether oxygens (including phenoxy) is 1. The molecule has 2 aromatic heterocycles. The van der Waals surface area contributed by atoms with Crippen molar-refractivity contribution >= 4 is 40.5 Å². The molecule has 0 radical (unpaired) electrons. The fraction of sp³-hybridized carbons (Fsp3) is 0.462. The first-order valence-electron chi connectivity index (χ1n) is 12.3. The highest BCUT2D eigenvalue weighted by molar-refractivity contribution is 6.30. The van der Waals surface area contributed by atoms with Crippen LogP contribution in [0.25, 0.3) is 11.0 Å². The van der Waals surface area contributed by atoms with Crippen molar-refractivity contribution in [1.29, 1.82) is 0 Å². The lowest BCUT2D eigenvalue weighted by atomic mass is 9.86. The highest BCUT2D eigenvalue weighted by Gasteiger charge is 2.44. The van der Waals surface area contributed by atoms with Crippen LogP contribution in [-0.2, 0) is 9.53 Å². The highest BCUT2D eigenvalue weighted by atomic mass is 35.5. The van der Waals surface area contributed by atoms with Gasteiger partial charge in [-0.15, -0.1) is 0 Å². The molecule has 1 aliphatic rings. The van der Waals surface area contributed by atoms with E-state index in [1.807, 2.05) is 12.3 Å². The van der Waals surface area contributed by atoms with Gasteiger partial charge in [-0.3, -0.25) is 4.79 Å². The van der Waals surface area contributed by atoms with E-state index in [1.54, 1.807) is 45.0 Å². The van der Waals surface area contributed by atoms with E-state index in [9.17, 15) is 14.7 Å². The van der Waals surface area contributed by atoms with Gasteiger partial charge in [-0.2, -0.15) is 0 Å². The first-order valence-corrected chi connectivity index (χ1v) is 12.7. The van der Waals surface area contributed by atoms with Gasteiger partial charge < -0.3 is 30.4 Å². The van der Waals surface area contributed by atoms with Gasteiger partial charge in [-0.05, 0) is 63.8 Å². The molecule has 1 atom stereocenters. The number of aromatic amines is 1. The van der Waals surface area contributed by atoms with E-state index in [4.69, 9.17) is 16.3 Å². The number of aliphatic hydroxyl groups is 1. The molecular formula is C26H33ClN6O4. The Morgan fingerprint density at radius 1 is 1.19 bits per heavy atom. The molecule has 2 amide bonds. The molecule has 0 spiro atoms. The van der Waals surface area contributed by atoms with Crippen LogP contribution >= 0.6 is 11.6 Å². The minimum Gasteiger partial charge on any atom is -0.444 e. The zero-order valence-electron chi connectivity index (χ0n) is 21.3. The Kier molecular flexibility index (Phi) is 7.89. The van der Waals surface area contributed by atoms with Crippen LogP contribution in [0.4, 0.5) is 10.6 Å². The quantitative estimate of drug-likeness (QED) is 0.367. The summed E-state index contributed by atoms with van der Waals surface area (Å²) in [6.07, 6.45) is 2.94. The summed E-state index contributed by atoms with van der Waals surface area (Å²) in [4.78, 5) is 40.1. The molecular weight excluding hydrogens is 496 g/mol. The van der Waals surface area contributed by atoms with Gasteiger partial charge in [0.25, 0.3) is 0 Å². The number of carbonyl (C=O) groups excluding carboxylic acids is 2. The Bertz CT molecular complexity index is 1230. The maximum absolute atomic E-state index is 13.5. The molecule has 3 heterocycles. The molecule has 0 bridgehead atoms. The number of anilines is 1. The van der Waals surface area contributed by atoms with E-state index in [0.29, 0.717) is 37.4 Å². The SMILES string of the molecule is CC(C)(C)OC(=O)NC1(C(=O)NCCC(O)c2ccc(Cl)cc2)CCN(c2ncnc3[nH]ccc23)CC1. The molecule has 1 unspecified atom stereocenters. The van der Waals surface area contributed by atoms with Crippen molar-refractivity contribution in [1.82, 2.24) is 25.6 Å². The number of hydrogen-bond donors (Lipinski definition) is 4. The van der Waals surface area contributed by atoms with Crippen LogP contribution in [0.1, 0.15) is 51.7 Å². The van der Waals surface area contributed by atoms with Crippen molar-refractivity contribution in [3.63, 3.8) is 0 Å². The number of nitrogens with one attached hydrogen (secondary N) is 3. The first-order chi connectivity index (χ1) is 17.6. The van der Waals surface area contributed by atoms with Crippen molar-refractivity contribution in [2.45, 2.75) is 57.3 Å². The molecule has 1 fully saturated rings. The van der Waals surface area contributed by atoms with Gasteiger partial charge in [0.15, 0.2) is 0 Å². The lowest BCUT2D eigenvalue weighted by Gasteiger charge is -2.41. The van der Waals surface area contributed by atoms with E-state index >= 15 is 0 Å². The Morgan fingerprint density at radius 2 is 1.89 bits per heavy atom. The van der Waals surface area contributed by atoms with E-state index in [0.717, 1.165) is 22.4 Å². The number of rotatable bonds is 7. The zero-order chi connectivity index (χ0) is 26.6. The van der Waals surface area contributed by atoms with Crippen molar-refractivity contribution < 1.29 is 19.4 Å². The monoisotopic (exact) mass is 528 g/mol. The second kappa shape index (κ2) is 10.9. The fourth-order valence-electron chi connectivity index (χ4n) is 4.46. The molecule has 4 rings (SSSR count). The second-order valence-corrected chi connectivity index (χ2v) is 10.7. The summed E-state index contributed by atoms with van der Waals surface area (Å²) >= 11 is 5.92. The third-order valence-corrected chi connectivity index (χ3v) is 6.63. The largest absolute Gasteiger partial charge is 0.444 e. The number of fused-ring (bicyclic) bond motifs is 1. The molecule has 198 valence electrons. The summed E-state index contributed by atoms with van der Waals surface area (Å²) in [6, 6.07) is 8.86. The van der Waals surface area contributed by atoms with Crippen LogP contribution in [0.3, 0.4) is 0 Å². The number of hydrogen-bond acceptors (Lipinski definition) is 7. The zero-order valence-corrected chi connectivity index (χ0v) is 22.0. The molecule has 4 N–H and O–H groups in total. The summed E-state index contributed by atoms with van der Waals surface area (Å²) in [7, 11) is 0. The van der Waals surface area contributed by atoms with Crippen LogP contribution in [0.15, 0.2) is 42.9 Å². The van der Waals surface area contributed by atoms with Crippen LogP contribution in [0.2, 0.25) is 5.02 Å². The normalized spacial score (nSPS) is 16.3. The van der Waals surface area contributed by atoms with E-state index in [1.165, 1.54) is 6.33 Å². The predicted molar refractivity (Wildman–Crippen MR) is 141 cm³/mol. The number of halogens is 1. The van der Waals surface area contributed by atoms with E-state index in [-0.39, 0.29) is 12.5 Å². The van der Waals surface area contributed by atoms with Crippen molar-refractivity contribution in [3.05, 3.63) is 53.4 Å². The van der Waals surface area contributed by atoms with Crippen LogP contribution in [-0.4, -0.2) is 62.8 Å². The average molecular weight is 529 g/mol. The number of nitrogens with zero attached hydrogens (tertiary/aromatic N) is 3. The first kappa shape index (κ1) is 26.7. The summed E-state index contributed by atoms with van der Waals surface area (Å²) in [6.45, 7) is 6.55. The van der Waals surface area contributed by atoms with Gasteiger partial charge >= 0.3 is 6.09 Å². The third-order valence-electron chi connectivity index (χ3n) is 6.38. The number of alkyl carbamates (subject to hydrolysis) is 1. The van der Waals surface area contributed by atoms with Gasteiger partial charge in [-0.1, -0.05) is 23.7 Å². The van der Waals surface area contributed by atoms with Crippen molar-refractivity contribution in [3.8, 4) is 0 Å². The molecule has 10 nitrogen and oxygen atoms in total. The fourth-order valence-corrected chi connectivity index (χ4v) is 4.59. The van der Waals surface area contributed by atoms with Crippen molar-refractivity contribution in [2.75, 3.05) is 24.5 Å². The molecule has 37 heavy (non-hydrogen) atoms. The summed E-state index contributed by atoms with van der Waals surface area (Å²) in [5, 5.41) is 17.7. The Balaban J connectivity index is 1.44. The molecule has 1 aliphatic heterocycles. The predicted octanol–water partition coefficient (Wildman–Crippen LogP) is 3.71. The lowest BCUT2D eigenvalue weighted by Crippen LogP contribution is -2.64. The van der Waals surface area contributed by atoms with Gasteiger partial charge in [0.05, 0.1) is 11.5 Å². The van der Waals surface area contributed by atoms with E-state index in [2.05, 4.69) is 30.5 Å². The minimum atomic E-state index is -1.16. The Morgan fingerprint density at radius 3 is 2.57 bits per heavy atom. The van der Waals surface area contributed by atoms with Crippen LogP contribution in [0.5, 0.6) is 0 Å². The number of aromatic nitrogens is 3. The molecule has 0 aliphatic carbocycles.